The molecular weight excluding hydrogens is 216 g/mol. The van der Waals surface area contributed by atoms with Crippen LogP contribution in [0.15, 0.2) is 0 Å². The second-order valence-corrected chi connectivity index (χ2v) is 5.62. The van der Waals surface area contributed by atoms with Gasteiger partial charge in [0.15, 0.2) is 0 Å². The molecule has 0 radical (unpaired) electrons. The van der Waals surface area contributed by atoms with E-state index < -0.39 is 0 Å². The van der Waals surface area contributed by atoms with Crippen LogP contribution in [0.4, 0.5) is 0 Å². The van der Waals surface area contributed by atoms with Gasteiger partial charge in [0, 0.05) is 6.42 Å². The van der Waals surface area contributed by atoms with E-state index in [2.05, 4.69) is 0 Å². The Morgan fingerprint density at radius 3 is 2.53 bits per heavy atom. The third kappa shape index (κ3) is 2.71. The van der Waals surface area contributed by atoms with Crippen LogP contribution in [-0.2, 0) is 14.3 Å². The Morgan fingerprint density at radius 2 is 1.94 bits per heavy atom. The van der Waals surface area contributed by atoms with Crippen LogP contribution in [0.2, 0.25) is 0 Å². The molecule has 0 bridgehead atoms. The molecule has 1 unspecified atom stereocenters. The minimum absolute atomic E-state index is 0.101. The topological polar surface area (TPSA) is 35.5 Å². The largest absolute Gasteiger partial charge is 0.376 e. The van der Waals surface area contributed by atoms with Crippen molar-refractivity contribution in [2.45, 2.75) is 64.6 Å². The lowest BCUT2D eigenvalue weighted by Crippen LogP contribution is -2.56. The van der Waals surface area contributed by atoms with Crippen LogP contribution in [0.3, 0.4) is 0 Å². The Kier molecular flexibility index (Phi) is 4.21. The number of carbonyl (C=O) groups is 1. The highest BCUT2D eigenvalue weighted by Gasteiger charge is 2.55. The molecule has 2 aliphatic rings. The van der Waals surface area contributed by atoms with E-state index in [1.807, 2.05) is 13.8 Å². The van der Waals surface area contributed by atoms with E-state index in [1.165, 1.54) is 19.3 Å². The van der Waals surface area contributed by atoms with E-state index in [9.17, 15) is 4.79 Å². The van der Waals surface area contributed by atoms with Crippen LogP contribution in [0.5, 0.6) is 0 Å². The van der Waals surface area contributed by atoms with Crippen molar-refractivity contribution in [3.05, 3.63) is 0 Å². The molecule has 2 saturated carbocycles. The van der Waals surface area contributed by atoms with E-state index in [-0.39, 0.29) is 17.6 Å². The average molecular weight is 240 g/mol. The Bertz CT molecular complexity index is 267. The fourth-order valence-corrected chi connectivity index (χ4v) is 3.09. The summed E-state index contributed by atoms with van der Waals surface area (Å²) in [5.41, 5.74) is -0.101. The van der Waals surface area contributed by atoms with Gasteiger partial charge >= 0.3 is 0 Å². The summed E-state index contributed by atoms with van der Waals surface area (Å²) in [5, 5.41) is 0. The van der Waals surface area contributed by atoms with Gasteiger partial charge in [0.05, 0.1) is 30.8 Å². The first kappa shape index (κ1) is 13.0. The maximum Gasteiger partial charge on any atom is 0.144 e. The molecule has 2 fully saturated rings. The van der Waals surface area contributed by atoms with Crippen LogP contribution < -0.4 is 0 Å². The van der Waals surface area contributed by atoms with Gasteiger partial charge in [-0.15, -0.1) is 0 Å². The first-order valence-corrected chi connectivity index (χ1v) is 6.92. The molecule has 0 saturated heterocycles. The summed E-state index contributed by atoms with van der Waals surface area (Å²) in [6.45, 7) is 5.31. The van der Waals surface area contributed by atoms with Gasteiger partial charge in [0.1, 0.15) is 5.78 Å². The highest BCUT2D eigenvalue weighted by molar-refractivity contribution is 5.92. The number of Topliss-reactive ketones (excluding diaryl/α,β-unsaturated/α-hetero) is 1. The second-order valence-electron chi connectivity index (χ2n) is 5.62. The average Bonchev–Trinajstić information content (AvgIpc) is 2.34. The van der Waals surface area contributed by atoms with Crippen molar-refractivity contribution in [3.8, 4) is 0 Å². The Balaban J connectivity index is 1.75. The first-order valence-electron chi connectivity index (χ1n) is 6.92. The zero-order valence-corrected chi connectivity index (χ0v) is 11.0. The third-order valence-corrected chi connectivity index (χ3v) is 4.14. The highest BCUT2D eigenvalue weighted by Crippen LogP contribution is 2.50. The van der Waals surface area contributed by atoms with Gasteiger partial charge in [-0.3, -0.25) is 4.79 Å². The minimum Gasteiger partial charge on any atom is -0.376 e. The van der Waals surface area contributed by atoms with E-state index in [4.69, 9.17) is 9.47 Å². The van der Waals surface area contributed by atoms with Crippen molar-refractivity contribution in [1.82, 2.24) is 0 Å². The number of carbonyl (C=O) groups excluding carboxylic acids is 1. The van der Waals surface area contributed by atoms with Crippen molar-refractivity contribution < 1.29 is 14.3 Å². The molecular formula is C14H24O3. The normalized spacial score (nSPS) is 27.5. The Labute approximate surface area is 104 Å². The summed E-state index contributed by atoms with van der Waals surface area (Å²) in [6, 6.07) is 0. The summed E-state index contributed by atoms with van der Waals surface area (Å²) in [7, 11) is 0. The molecule has 98 valence electrons. The lowest BCUT2D eigenvalue weighted by Gasteiger charge is -2.49. The number of hydrogen-bond donors (Lipinski definition) is 0. The Morgan fingerprint density at radius 1 is 1.24 bits per heavy atom. The van der Waals surface area contributed by atoms with E-state index >= 15 is 0 Å². The summed E-state index contributed by atoms with van der Waals surface area (Å²) in [6.07, 6.45) is 6.79. The lowest BCUT2D eigenvalue weighted by atomic mass is 9.57. The van der Waals surface area contributed by atoms with Gasteiger partial charge in [0.25, 0.3) is 0 Å². The third-order valence-electron chi connectivity index (χ3n) is 4.14. The van der Waals surface area contributed by atoms with Gasteiger partial charge in [-0.05, 0) is 26.7 Å². The number of rotatable bonds is 5. The number of ether oxygens (including phenoxy) is 2. The van der Waals surface area contributed by atoms with Crippen molar-refractivity contribution in [2.24, 2.45) is 5.41 Å². The quantitative estimate of drug-likeness (QED) is 0.693. The Hall–Kier alpha value is -0.410. The lowest BCUT2D eigenvalue weighted by molar-refractivity contribution is -0.171. The standard InChI is InChI=1S/C14H24O3/c1-11(2)16-8-9-17-13-10-12(15)14(13)6-4-3-5-7-14/h11,13H,3-10H2,1-2H3. The molecule has 3 nitrogen and oxygen atoms in total. The summed E-state index contributed by atoms with van der Waals surface area (Å²) < 4.78 is 11.3. The molecule has 0 aliphatic heterocycles. The second kappa shape index (κ2) is 5.49. The van der Waals surface area contributed by atoms with E-state index in [0.717, 1.165) is 12.8 Å². The van der Waals surface area contributed by atoms with Crippen molar-refractivity contribution >= 4 is 5.78 Å². The summed E-state index contributed by atoms with van der Waals surface area (Å²) in [4.78, 5) is 11.8. The fourth-order valence-electron chi connectivity index (χ4n) is 3.09. The molecule has 0 heterocycles. The maximum atomic E-state index is 11.8. The molecule has 1 spiro atoms. The first-order chi connectivity index (χ1) is 8.15. The molecule has 0 aromatic carbocycles. The van der Waals surface area contributed by atoms with Gasteiger partial charge < -0.3 is 9.47 Å². The van der Waals surface area contributed by atoms with E-state index in [1.54, 1.807) is 0 Å². The van der Waals surface area contributed by atoms with Crippen molar-refractivity contribution in [1.29, 1.82) is 0 Å². The monoisotopic (exact) mass is 240 g/mol. The van der Waals surface area contributed by atoms with Gasteiger partial charge in [0.2, 0.25) is 0 Å². The fraction of sp³-hybridized carbons (Fsp3) is 0.929. The highest BCUT2D eigenvalue weighted by atomic mass is 16.5. The minimum atomic E-state index is -0.101. The maximum absolute atomic E-state index is 11.8. The molecule has 3 heteroatoms. The van der Waals surface area contributed by atoms with Crippen LogP contribution >= 0.6 is 0 Å². The molecule has 2 rings (SSSR count). The van der Waals surface area contributed by atoms with Crippen LogP contribution in [-0.4, -0.2) is 31.2 Å². The van der Waals surface area contributed by atoms with E-state index in [0.29, 0.717) is 25.4 Å². The molecule has 0 aromatic heterocycles. The number of hydrogen-bond acceptors (Lipinski definition) is 3. The summed E-state index contributed by atoms with van der Waals surface area (Å²) in [5.74, 6) is 0.437. The molecule has 2 aliphatic carbocycles. The van der Waals surface area contributed by atoms with Crippen LogP contribution in [0.1, 0.15) is 52.4 Å². The smallest absolute Gasteiger partial charge is 0.144 e. The zero-order chi connectivity index (χ0) is 12.3. The summed E-state index contributed by atoms with van der Waals surface area (Å²) >= 11 is 0. The molecule has 0 amide bonds. The van der Waals surface area contributed by atoms with Gasteiger partial charge in [-0.25, -0.2) is 0 Å². The zero-order valence-electron chi connectivity index (χ0n) is 11.0. The molecule has 0 N–H and O–H groups in total. The van der Waals surface area contributed by atoms with Crippen molar-refractivity contribution in [2.75, 3.05) is 13.2 Å². The van der Waals surface area contributed by atoms with Crippen LogP contribution in [0.25, 0.3) is 0 Å². The molecule has 0 aromatic rings. The van der Waals surface area contributed by atoms with Gasteiger partial charge in [-0.1, -0.05) is 19.3 Å². The predicted octanol–water partition coefficient (Wildman–Crippen LogP) is 2.72. The SMILES string of the molecule is CC(C)OCCOC1CC(=O)C12CCCCC2. The molecule has 17 heavy (non-hydrogen) atoms. The van der Waals surface area contributed by atoms with Crippen LogP contribution in [0, 0.1) is 5.41 Å². The van der Waals surface area contributed by atoms with Gasteiger partial charge in [-0.2, -0.15) is 0 Å². The molecule has 1 atom stereocenters. The predicted molar refractivity (Wildman–Crippen MR) is 66.0 cm³/mol. The van der Waals surface area contributed by atoms with Crippen molar-refractivity contribution in [3.63, 3.8) is 0 Å². The number of ketones is 1.